The Morgan fingerprint density at radius 1 is 1.33 bits per heavy atom. The number of aliphatic carboxylic acids is 1. The van der Waals surface area contributed by atoms with Gasteiger partial charge in [-0.15, -0.1) is 0 Å². The highest BCUT2D eigenvalue weighted by Gasteiger charge is 2.54. The van der Waals surface area contributed by atoms with Crippen LogP contribution in [0.1, 0.15) is 33.6 Å². The molecule has 8 nitrogen and oxygen atoms in total. The van der Waals surface area contributed by atoms with Gasteiger partial charge in [-0.25, -0.2) is 8.42 Å². The maximum Gasteiger partial charge on any atom is 0.324 e. The standard InChI is InChI=1S/C17H23ClN2O6S/c1-16(2,3)26-15(23)17(14(21)22)8-9-20(13(19)10-17)27(24,25)12-7-5-4-6-11(12)18/h4-7,13H,8-10,19H2,1-3H3,(H,21,22). The van der Waals surface area contributed by atoms with Crippen molar-refractivity contribution >= 4 is 33.6 Å². The topological polar surface area (TPSA) is 127 Å². The molecule has 0 radical (unpaired) electrons. The number of nitrogens with zero attached hydrogens (tertiary/aromatic N) is 1. The molecule has 2 rings (SSSR count). The van der Waals surface area contributed by atoms with Gasteiger partial charge in [0, 0.05) is 13.0 Å². The number of carbonyl (C=O) groups is 2. The van der Waals surface area contributed by atoms with Gasteiger partial charge < -0.3 is 15.6 Å². The highest BCUT2D eigenvalue weighted by atomic mass is 35.5. The molecule has 1 aromatic carbocycles. The highest BCUT2D eigenvalue weighted by Crippen LogP contribution is 2.39. The van der Waals surface area contributed by atoms with E-state index in [0.29, 0.717) is 0 Å². The fourth-order valence-electron chi connectivity index (χ4n) is 2.95. The minimum Gasteiger partial charge on any atom is -0.480 e. The minimum atomic E-state index is -4.05. The maximum atomic E-state index is 12.9. The summed E-state index contributed by atoms with van der Waals surface area (Å²) in [7, 11) is -4.05. The number of esters is 1. The average Bonchev–Trinajstić information content (AvgIpc) is 2.52. The minimum absolute atomic E-state index is 0.0342. The number of halogens is 1. The number of hydrogen-bond acceptors (Lipinski definition) is 6. The molecule has 2 unspecified atom stereocenters. The number of piperidine rings is 1. The third-order valence-corrected chi connectivity index (χ3v) is 6.73. The molecule has 0 saturated carbocycles. The summed E-state index contributed by atoms with van der Waals surface area (Å²) < 4.78 is 32.0. The molecule has 1 aliphatic heterocycles. The van der Waals surface area contributed by atoms with Crippen molar-refractivity contribution in [3.8, 4) is 0 Å². The van der Waals surface area contributed by atoms with E-state index in [9.17, 15) is 23.1 Å². The van der Waals surface area contributed by atoms with Crippen LogP contribution >= 0.6 is 11.6 Å². The Morgan fingerprint density at radius 2 is 1.93 bits per heavy atom. The molecule has 0 spiro atoms. The molecule has 1 saturated heterocycles. The van der Waals surface area contributed by atoms with Gasteiger partial charge in [0.15, 0.2) is 5.41 Å². The molecule has 27 heavy (non-hydrogen) atoms. The molecule has 1 aliphatic rings. The summed E-state index contributed by atoms with van der Waals surface area (Å²) in [6.07, 6.45) is -1.88. The van der Waals surface area contributed by atoms with E-state index < -0.39 is 45.6 Å². The second-order valence-corrected chi connectivity index (χ2v) is 9.72. The molecule has 0 aliphatic carbocycles. The largest absolute Gasteiger partial charge is 0.480 e. The van der Waals surface area contributed by atoms with Crippen molar-refractivity contribution in [2.75, 3.05) is 6.54 Å². The molecule has 10 heteroatoms. The molecule has 2 atom stereocenters. The Labute approximate surface area is 163 Å². The lowest BCUT2D eigenvalue weighted by Crippen LogP contribution is -2.59. The fraction of sp³-hybridized carbons (Fsp3) is 0.529. The predicted octanol–water partition coefficient (Wildman–Crippen LogP) is 1.82. The van der Waals surface area contributed by atoms with Crippen molar-refractivity contribution in [3.05, 3.63) is 29.3 Å². The number of benzene rings is 1. The van der Waals surface area contributed by atoms with E-state index in [2.05, 4.69) is 0 Å². The molecule has 1 aromatic rings. The van der Waals surface area contributed by atoms with Crippen LogP contribution in [0.3, 0.4) is 0 Å². The van der Waals surface area contributed by atoms with E-state index in [1.807, 2.05) is 0 Å². The maximum absolute atomic E-state index is 12.9. The van der Waals surface area contributed by atoms with Crippen molar-refractivity contribution in [2.45, 2.75) is 50.3 Å². The van der Waals surface area contributed by atoms with E-state index in [1.165, 1.54) is 18.2 Å². The second kappa shape index (κ2) is 7.38. The van der Waals surface area contributed by atoms with E-state index in [-0.39, 0.29) is 22.9 Å². The lowest BCUT2D eigenvalue weighted by atomic mass is 9.77. The smallest absolute Gasteiger partial charge is 0.324 e. The first-order chi connectivity index (χ1) is 12.3. The average molecular weight is 419 g/mol. The molecule has 0 aromatic heterocycles. The summed E-state index contributed by atoms with van der Waals surface area (Å²) in [5.74, 6) is -2.31. The molecule has 1 fully saturated rings. The number of rotatable bonds is 4. The summed E-state index contributed by atoms with van der Waals surface area (Å²) in [6, 6.07) is 5.90. The fourth-order valence-corrected chi connectivity index (χ4v) is 4.96. The van der Waals surface area contributed by atoms with Crippen molar-refractivity contribution in [2.24, 2.45) is 11.1 Å². The Balaban J connectivity index is 2.34. The number of sulfonamides is 1. The van der Waals surface area contributed by atoms with Gasteiger partial charge in [0.25, 0.3) is 0 Å². The van der Waals surface area contributed by atoms with E-state index in [0.717, 1.165) is 4.31 Å². The Hall–Kier alpha value is -1.68. The van der Waals surface area contributed by atoms with Crippen LogP contribution in [0.5, 0.6) is 0 Å². The van der Waals surface area contributed by atoms with Gasteiger partial charge in [0.05, 0.1) is 11.2 Å². The van der Waals surface area contributed by atoms with Gasteiger partial charge in [-0.05, 0) is 39.3 Å². The normalized spacial score (nSPS) is 24.4. The number of carbonyl (C=O) groups excluding carboxylic acids is 1. The molecular weight excluding hydrogens is 396 g/mol. The van der Waals surface area contributed by atoms with Crippen molar-refractivity contribution in [1.82, 2.24) is 4.31 Å². The van der Waals surface area contributed by atoms with Crippen LogP contribution in [0.15, 0.2) is 29.2 Å². The van der Waals surface area contributed by atoms with Gasteiger partial charge in [-0.2, -0.15) is 4.31 Å². The van der Waals surface area contributed by atoms with Gasteiger partial charge >= 0.3 is 11.9 Å². The zero-order valence-corrected chi connectivity index (χ0v) is 16.9. The van der Waals surface area contributed by atoms with E-state index >= 15 is 0 Å². The molecule has 0 bridgehead atoms. The first kappa shape index (κ1) is 21.6. The number of carboxylic acids is 1. The SMILES string of the molecule is CC(C)(C)OC(=O)C1(C(=O)O)CCN(S(=O)(=O)c2ccccc2Cl)C(N)C1. The Kier molecular flexibility index (Phi) is 5.91. The van der Waals surface area contributed by atoms with Gasteiger partial charge in [0.2, 0.25) is 10.0 Å². The number of ether oxygens (including phenoxy) is 1. The van der Waals surface area contributed by atoms with Gasteiger partial charge in [-0.3, -0.25) is 9.59 Å². The van der Waals surface area contributed by atoms with Crippen LogP contribution in [0.4, 0.5) is 0 Å². The van der Waals surface area contributed by atoms with E-state index in [4.69, 9.17) is 22.1 Å². The van der Waals surface area contributed by atoms with Crippen LogP contribution < -0.4 is 5.73 Å². The van der Waals surface area contributed by atoms with Crippen LogP contribution in [0, 0.1) is 5.41 Å². The van der Waals surface area contributed by atoms with Crippen molar-refractivity contribution in [3.63, 3.8) is 0 Å². The van der Waals surface area contributed by atoms with Crippen LogP contribution in [-0.2, 0) is 24.3 Å². The Bertz CT molecular complexity index is 851. The van der Waals surface area contributed by atoms with E-state index in [1.54, 1.807) is 26.8 Å². The Morgan fingerprint density at radius 3 is 2.41 bits per heavy atom. The zero-order chi connectivity index (χ0) is 20.6. The molecule has 150 valence electrons. The van der Waals surface area contributed by atoms with Crippen molar-refractivity contribution in [1.29, 1.82) is 0 Å². The lowest BCUT2D eigenvalue weighted by Gasteiger charge is -2.41. The third kappa shape index (κ3) is 4.26. The molecule has 0 amide bonds. The number of carboxylic acid groups (broad SMARTS) is 1. The highest BCUT2D eigenvalue weighted by molar-refractivity contribution is 7.89. The molecular formula is C17H23ClN2O6S. The lowest BCUT2D eigenvalue weighted by molar-refractivity contribution is -0.181. The quantitative estimate of drug-likeness (QED) is 0.563. The zero-order valence-electron chi connectivity index (χ0n) is 15.3. The monoisotopic (exact) mass is 418 g/mol. The first-order valence-corrected chi connectivity index (χ1v) is 10.1. The third-order valence-electron chi connectivity index (χ3n) is 4.31. The van der Waals surface area contributed by atoms with Crippen LogP contribution in [0.25, 0.3) is 0 Å². The molecule has 1 heterocycles. The summed E-state index contributed by atoms with van der Waals surface area (Å²) >= 11 is 5.99. The predicted molar refractivity (Wildman–Crippen MR) is 98.5 cm³/mol. The van der Waals surface area contributed by atoms with Crippen LogP contribution in [-0.4, -0.2) is 48.1 Å². The first-order valence-electron chi connectivity index (χ1n) is 8.30. The summed E-state index contributed by atoms with van der Waals surface area (Å²) in [4.78, 5) is 24.3. The summed E-state index contributed by atoms with van der Waals surface area (Å²) in [6.45, 7) is 4.62. The second-order valence-electron chi connectivity index (χ2n) is 7.46. The molecule has 3 N–H and O–H groups in total. The van der Waals surface area contributed by atoms with Crippen LogP contribution in [0.2, 0.25) is 5.02 Å². The summed E-state index contributed by atoms with van der Waals surface area (Å²) in [5, 5.41) is 9.71. The number of nitrogens with two attached hydrogens (primary N) is 1. The number of hydrogen-bond donors (Lipinski definition) is 2. The summed E-state index contributed by atoms with van der Waals surface area (Å²) in [5.41, 5.74) is 3.21. The van der Waals surface area contributed by atoms with Crippen molar-refractivity contribution < 1.29 is 27.9 Å². The van der Waals surface area contributed by atoms with Gasteiger partial charge in [0.1, 0.15) is 10.5 Å². The van der Waals surface area contributed by atoms with Gasteiger partial charge in [-0.1, -0.05) is 23.7 Å².